The van der Waals surface area contributed by atoms with E-state index in [0.717, 1.165) is 44.4 Å². The lowest BCUT2D eigenvalue weighted by Gasteiger charge is -2.27. The zero-order valence-corrected chi connectivity index (χ0v) is 26.2. The van der Waals surface area contributed by atoms with Crippen molar-refractivity contribution in [3.05, 3.63) is 164 Å². The van der Waals surface area contributed by atoms with Crippen LogP contribution in [0.15, 0.2) is 168 Å². The summed E-state index contributed by atoms with van der Waals surface area (Å²) >= 11 is 1.83. The van der Waals surface area contributed by atoms with Crippen molar-refractivity contribution in [2.45, 2.75) is 0 Å². The molecule has 0 atom stereocenters. The molecule has 0 aliphatic carbocycles. The van der Waals surface area contributed by atoms with Gasteiger partial charge < -0.3 is 9.32 Å². The molecule has 0 unspecified atom stereocenters. The Morgan fingerprint density at radius 1 is 0.404 bits per heavy atom. The van der Waals surface area contributed by atoms with Gasteiger partial charge in [-0.25, -0.2) is 0 Å². The van der Waals surface area contributed by atoms with Crippen LogP contribution in [0.4, 0.5) is 17.1 Å². The van der Waals surface area contributed by atoms with E-state index in [1.807, 2.05) is 11.3 Å². The second-order valence-corrected chi connectivity index (χ2v) is 13.2. The zero-order valence-electron chi connectivity index (χ0n) is 25.4. The third-order valence-corrected chi connectivity index (χ3v) is 10.6. The molecule has 0 radical (unpaired) electrons. The van der Waals surface area contributed by atoms with Gasteiger partial charge in [-0.2, -0.15) is 0 Å². The standard InChI is InChI=1S/C44H27NOS/c1-2-9-28(10-3-1)29-17-20-32(21-18-29)45(39-16-8-13-30-11-4-6-14-34(30)39)33-22-24-38-41(27-33)47-40-26-25-37-36-23-19-31-12-5-7-15-35(31)43(36)46-44(37)42(38)40/h1-27H. The average Bonchev–Trinajstić information content (AvgIpc) is 3.71. The van der Waals surface area contributed by atoms with Crippen molar-refractivity contribution in [2.75, 3.05) is 4.90 Å². The molecule has 0 amide bonds. The molecule has 2 nitrogen and oxygen atoms in total. The Hall–Kier alpha value is -5.90. The van der Waals surface area contributed by atoms with Crippen LogP contribution in [-0.4, -0.2) is 0 Å². The van der Waals surface area contributed by atoms with Crippen molar-refractivity contribution in [3.63, 3.8) is 0 Å². The summed E-state index contributed by atoms with van der Waals surface area (Å²) in [6.45, 7) is 0. The molecule has 2 aromatic heterocycles. The van der Waals surface area contributed by atoms with E-state index in [0.29, 0.717) is 0 Å². The van der Waals surface area contributed by atoms with Crippen molar-refractivity contribution < 1.29 is 4.42 Å². The summed E-state index contributed by atoms with van der Waals surface area (Å²) in [5.74, 6) is 0. The molecule has 0 spiro atoms. The molecule has 0 aliphatic heterocycles. The second kappa shape index (κ2) is 10.3. The molecule has 10 rings (SSSR count). The quantitative estimate of drug-likeness (QED) is 0.195. The van der Waals surface area contributed by atoms with Crippen molar-refractivity contribution >= 4 is 92.1 Å². The molecule has 220 valence electrons. The van der Waals surface area contributed by atoms with Crippen LogP contribution in [-0.2, 0) is 0 Å². The fraction of sp³-hybridized carbons (Fsp3) is 0. The van der Waals surface area contributed by atoms with E-state index in [2.05, 4.69) is 169 Å². The highest BCUT2D eigenvalue weighted by Gasteiger charge is 2.20. The number of fused-ring (bicyclic) bond motifs is 10. The van der Waals surface area contributed by atoms with Crippen LogP contribution in [0.1, 0.15) is 0 Å². The minimum absolute atomic E-state index is 0.961. The van der Waals surface area contributed by atoms with Crippen LogP contribution in [0.5, 0.6) is 0 Å². The Kier molecular flexibility index (Phi) is 5.78. The van der Waals surface area contributed by atoms with Gasteiger partial charge in [-0.05, 0) is 70.4 Å². The fourth-order valence-electron chi connectivity index (χ4n) is 7.21. The molecule has 0 N–H and O–H groups in total. The van der Waals surface area contributed by atoms with Gasteiger partial charge in [-0.15, -0.1) is 11.3 Å². The highest BCUT2D eigenvalue weighted by atomic mass is 32.1. The van der Waals surface area contributed by atoms with E-state index >= 15 is 0 Å². The van der Waals surface area contributed by atoms with E-state index in [1.54, 1.807) is 0 Å². The van der Waals surface area contributed by atoms with Crippen LogP contribution < -0.4 is 4.90 Å². The predicted octanol–water partition coefficient (Wildman–Crippen LogP) is 13.4. The third kappa shape index (κ3) is 4.10. The maximum absolute atomic E-state index is 6.75. The van der Waals surface area contributed by atoms with Crippen molar-refractivity contribution in [1.29, 1.82) is 0 Å². The normalized spacial score (nSPS) is 11.8. The molecule has 2 heterocycles. The number of benzene rings is 8. The SMILES string of the molecule is c1ccc(-c2ccc(N(c3ccc4c(c3)sc3ccc5c6ccc7ccccc7c6oc5c34)c3cccc4ccccc34)cc2)cc1. The Morgan fingerprint density at radius 3 is 1.89 bits per heavy atom. The maximum atomic E-state index is 6.75. The lowest BCUT2D eigenvalue weighted by Crippen LogP contribution is -2.10. The summed E-state index contributed by atoms with van der Waals surface area (Å²) in [6.07, 6.45) is 0. The molecule has 47 heavy (non-hydrogen) atoms. The average molecular weight is 618 g/mol. The Labute approximate surface area is 275 Å². The molecular weight excluding hydrogens is 591 g/mol. The number of rotatable bonds is 4. The summed E-state index contributed by atoms with van der Waals surface area (Å²) in [5.41, 5.74) is 7.75. The van der Waals surface area contributed by atoms with Gasteiger partial charge in [0.2, 0.25) is 0 Å². The fourth-order valence-corrected chi connectivity index (χ4v) is 8.35. The summed E-state index contributed by atoms with van der Waals surface area (Å²) in [6, 6.07) is 58.9. The number of thiophene rings is 1. The molecule has 10 aromatic rings. The Bertz CT molecular complexity index is 2790. The third-order valence-electron chi connectivity index (χ3n) is 9.45. The van der Waals surface area contributed by atoms with E-state index in [4.69, 9.17) is 4.42 Å². The van der Waals surface area contributed by atoms with Gasteiger partial charge >= 0.3 is 0 Å². The maximum Gasteiger partial charge on any atom is 0.144 e. The first kappa shape index (κ1) is 26.3. The summed E-state index contributed by atoms with van der Waals surface area (Å²) in [7, 11) is 0. The van der Waals surface area contributed by atoms with Gasteiger partial charge in [0.05, 0.1) is 5.69 Å². The van der Waals surface area contributed by atoms with Crippen molar-refractivity contribution in [2.24, 2.45) is 0 Å². The molecule has 0 fully saturated rings. The first-order valence-electron chi connectivity index (χ1n) is 15.9. The van der Waals surface area contributed by atoms with Crippen molar-refractivity contribution in [3.8, 4) is 11.1 Å². The Morgan fingerprint density at radius 2 is 1.04 bits per heavy atom. The van der Waals surface area contributed by atoms with E-state index in [1.165, 1.54) is 47.5 Å². The monoisotopic (exact) mass is 617 g/mol. The summed E-state index contributed by atoms with van der Waals surface area (Å²) < 4.78 is 9.22. The highest BCUT2D eigenvalue weighted by Crippen LogP contribution is 2.46. The number of hydrogen-bond acceptors (Lipinski definition) is 3. The van der Waals surface area contributed by atoms with Gasteiger partial charge in [0.1, 0.15) is 11.2 Å². The van der Waals surface area contributed by atoms with Crippen LogP contribution in [0.2, 0.25) is 0 Å². The Balaban J connectivity index is 1.18. The number of nitrogens with zero attached hydrogens (tertiary/aromatic N) is 1. The van der Waals surface area contributed by atoms with E-state index in [-0.39, 0.29) is 0 Å². The van der Waals surface area contributed by atoms with Crippen LogP contribution in [0.25, 0.3) is 74.8 Å². The minimum atomic E-state index is 0.961. The second-order valence-electron chi connectivity index (χ2n) is 12.1. The van der Waals surface area contributed by atoms with Crippen LogP contribution in [0.3, 0.4) is 0 Å². The number of anilines is 3. The zero-order chi connectivity index (χ0) is 30.9. The first-order valence-corrected chi connectivity index (χ1v) is 16.7. The molecule has 0 bridgehead atoms. The lowest BCUT2D eigenvalue weighted by atomic mass is 10.0. The number of hydrogen-bond donors (Lipinski definition) is 0. The van der Waals surface area contributed by atoms with E-state index < -0.39 is 0 Å². The van der Waals surface area contributed by atoms with Crippen molar-refractivity contribution in [1.82, 2.24) is 0 Å². The largest absolute Gasteiger partial charge is 0.455 e. The smallest absolute Gasteiger partial charge is 0.144 e. The van der Waals surface area contributed by atoms with Gasteiger partial charge in [-0.3, -0.25) is 0 Å². The molecular formula is C44H27NOS. The summed E-state index contributed by atoms with van der Waals surface area (Å²) in [4.78, 5) is 2.39. The van der Waals surface area contributed by atoms with E-state index in [9.17, 15) is 0 Å². The van der Waals surface area contributed by atoms with Crippen LogP contribution >= 0.6 is 11.3 Å². The lowest BCUT2D eigenvalue weighted by molar-refractivity contribution is 0.677. The summed E-state index contributed by atoms with van der Waals surface area (Å²) in [5, 5.41) is 9.53. The van der Waals surface area contributed by atoms with Gasteiger partial charge in [-0.1, -0.05) is 115 Å². The van der Waals surface area contributed by atoms with Gasteiger partial charge in [0.15, 0.2) is 0 Å². The topological polar surface area (TPSA) is 16.4 Å². The molecule has 0 saturated carbocycles. The molecule has 0 aliphatic rings. The molecule has 3 heteroatoms. The first-order chi connectivity index (χ1) is 23.3. The highest BCUT2D eigenvalue weighted by molar-refractivity contribution is 7.26. The van der Waals surface area contributed by atoms with Gasteiger partial charge in [0, 0.05) is 53.1 Å². The number of furan rings is 1. The minimum Gasteiger partial charge on any atom is -0.455 e. The predicted molar refractivity (Wildman–Crippen MR) is 202 cm³/mol. The van der Waals surface area contributed by atoms with Gasteiger partial charge in [0.25, 0.3) is 0 Å². The molecule has 0 saturated heterocycles. The molecule has 8 aromatic carbocycles. The van der Waals surface area contributed by atoms with Crippen LogP contribution in [0, 0.1) is 0 Å².